The number of carbonyl (C=O) groups is 2. The monoisotopic (exact) mass is 627 g/mol. The standard InChI is InChI=1S/C31H38BrN3O4S/c1-31(2,3)33-30(37)28(22-24-13-7-5-8-14-24)34(23-25-15-11-16-26(32)21-25)29(36)19-12-20-35(40(4,38)39)27-17-9-6-10-18-27/h5-11,13-18,21,28H,12,19-20,22-23H2,1-4H3,(H,33,37). The molecule has 1 unspecified atom stereocenters. The predicted molar refractivity (Wildman–Crippen MR) is 164 cm³/mol. The zero-order chi connectivity index (χ0) is 29.3. The van der Waals surface area contributed by atoms with E-state index in [2.05, 4.69) is 21.2 Å². The van der Waals surface area contributed by atoms with E-state index >= 15 is 0 Å². The SMILES string of the molecule is CC(C)(C)NC(=O)C(Cc1ccccc1)N(Cc1cccc(Br)c1)C(=O)CCCN(c1ccccc1)S(C)(=O)=O. The number of halogens is 1. The average Bonchev–Trinajstić information content (AvgIpc) is 2.88. The molecular weight excluding hydrogens is 590 g/mol. The van der Waals surface area contributed by atoms with Gasteiger partial charge in [-0.2, -0.15) is 0 Å². The molecular formula is C31H38BrN3O4S. The second-order valence-electron chi connectivity index (χ2n) is 10.9. The number of amides is 2. The topological polar surface area (TPSA) is 86.8 Å². The van der Waals surface area contributed by atoms with Gasteiger partial charge in [-0.05, 0) is 62.6 Å². The Labute approximate surface area is 246 Å². The highest BCUT2D eigenvalue weighted by Gasteiger charge is 2.32. The van der Waals surface area contributed by atoms with Crippen molar-refractivity contribution in [2.75, 3.05) is 17.1 Å². The van der Waals surface area contributed by atoms with Crippen molar-refractivity contribution in [3.63, 3.8) is 0 Å². The molecule has 7 nitrogen and oxygen atoms in total. The molecule has 0 aliphatic heterocycles. The van der Waals surface area contributed by atoms with E-state index in [1.165, 1.54) is 4.31 Å². The van der Waals surface area contributed by atoms with Gasteiger partial charge in [-0.1, -0.05) is 76.6 Å². The largest absolute Gasteiger partial charge is 0.350 e. The van der Waals surface area contributed by atoms with Crippen molar-refractivity contribution in [1.29, 1.82) is 0 Å². The Morgan fingerprint density at radius 1 is 0.900 bits per heavy atom. The van der Waals surface area contributed by atoms with Crippen molar-refractivity contribution in [2.45, 2.75) is 58.2 Å². The van der Waals surface area contributed by atoms with Crippen molar-refractivity contribution >= 4 is 43.5 Å². The van der Waals surface area contributed by atoms with Gasteiger partial charge in [0.05, 0.1) is 11.9 Å². The summed E-state index contributed by atoms with van der Waals surface area (Å²) < 4.78 is 27.2. The molecule has 1 atom stereocenters. The molecule has 0 spiro atoms. The van der Waals surface area contributed by atoms with Crippen LogP contribution in [0.2, 0.25) is 0 Å². The summed E-state index contributed by atoms with van der Waals surface area (Å²) in [6, 6.07) is 25.4. The minimum Gasteiger partial charge on any atom is -0.350 e. The average molecular weight is 629 g/mol. The predicted octanol–water partition coefficient (Wildman–Crippen LogP) is 5.55. The quantitative estimate of drug-likeness (QED) is 0.285. The molecule has 2 amide bonds. The van der Waals surface area contributed by atoms with Gasteiger partial charge in [0.25, 0.3) is 0 Å². The number of rotatable bonds is 12. The number of nitrogens with one attached hydrogen (secondary N) is 1. The van der Waals surface area contributed by atoms with Crippen molar-refractivity contribution in [2.24, 2.45) is 0 Å². The first kappa shape index (κ1) is 31.4. The van der Waals surface area contributed by atoms with Crippen LogP contribution in [-0.4, -0.2) is 49.5 Å². The highest BCUT2D eigenvalue weighted by molar-refractivity contribution is 9.10. The van der Waals surface area contributed by atoms with Crippen LogP contribution in [0.1, 0.15) is 44.7 Å². The molecule has 0 saturated heterocycles. The molecule has 9 heteroatoms. The number of sulfonamides is 1. The fraction of sp³-hybridized carbons (Fsp3) is 0.355. The molecule has 40 heavy (non-hydrogen) atoms. The minimum absolute atomic E-state index is 0.0843. The number of para-hydroxylation sites is 1. The van der Waals surface area contributed by atoms with Gasteiger partial charge < -0.3 is 10.2 Å². The molecule has 3 aromatic rings. The third kappa shape index (κ3) is 9.78. The Bertz CT molecular complexity index is 1380. The molecule has 0 aliphatic carbocycles. The van der Waals surface area contributed by atoms with E-state index in [0.29, 0.717) is 18.5 Å². The van der Waals surface area contributed by atoms with Gasteiger partial charge in [-0.3, -0.25) is 13.9 Å². The lowest BCUT2D eigenvalue weighted by atomic mass is 10.00. The molecule has 0 radical (unpaired) electrons. The normalized spacial score (nSPS) is 12.4. The molecule has 0 fully saturated rings. The Kier molecular flexibility index (Phi) is 10.9. The number of benzene rings is 3. The Morgan fingerprint density at radius 3 is 2.08 bits per heavy atom. The molecule has 3 aromatic carbocycles. The van der Waals surface area contributed by atoms with E-state index in [0.717, 1.165) is 21.9 Å². The molecule has 0 heterocycles. The maximum atomic E-state index is 13.9. The van der Waals surface area contributed by atoms with Crippen LogP contribution in [0.25, 0.3) is 0 Å². The van der Waals surface area contributed by atoms with Crippen molar-refractivity contribution in [3.8, 4) is 0 Å². The molecule has 3 rings (SSSR count). The maximum absolute atomic E-state index is 13.9. The van der Waals surface area contributed by atoms with Gasteiger partial charge in [0.1, 0.15) is 6.04 Å². The number of anilines is 1. The molecule has 0 saturated carbocycles. The summed E-state index contributed by atoms with van der Waals surface area (Å²) in [5.74, 6) is -0.451. The van der Waals surface area contributed by atoms with E-state index < -0.39 is 21.6 Å². The van der Waals surface area contributed by atoms with Gasteiger partial charge in [0.2, 0.25) is 21.8 Å². The van der Waals surface area contributed by atoms with Gasteiger partial charge in [0, 0.05) is 35.9 Å². The molecule has 1 N–H and O–H groups in total. The fourth-order valence-corrected chi connectivity index (χ4v) is 5.85. The zero-order valence-electron chi connectivity index (χ0n) is 23.5. The van der Waals surface area contributed by atoms with E-state index in [1.54, 1.807) is 29.2 Å². The van der Waals surface area contributed by atoms with Crippen LogP contribution in [0.15, 0.2) is 89.4 Å². The summed E-state index contributed by atoms with van der Waals surface area (Å²) in [7, 11) is -3.54. The lowest BCUT2D eigenvalue weighted by molar-refractivity contribution is -0.142. The fourth-order valence-electron chi connectivity index (χ4n) is 4.44. The number of hydrogen-bond acceptors (Lipinski definition) is 4. The second kappa shape index (κ2) is 13.9. The summed E-state index contributed by atoms with van der Waals surface area (Å²) in [6.07, 6.45) is 1.89. The highest BCUT2D eigenvalue weighted by Crippen LogP contribution is 2.21. The van der Waals surface area contributed by atoms with Crippen LogP contribution < -0.4 is 9.62 Å². The summed E-state index contributed by atoms with van der Waals surface area (Å²) in [5, 5.41) is 3.06. The Morgan fingerprint density at radius 2 is 1.50 bits per heavy atom. The second-order valence-corrected chi connectivity index (χ2v) is 13.7. The summed E-state index contributed by atoms with van der Waals surface area (Å²) in [4.78, 5) is 29.2. The Balaban J connectivity index is 1.90. The lowest BCUT2D eigenvalue weighted by Gasteiger charge is -2.34. The van der Waals surface area contributed by atoms with Crippen LogP contribution >= 0.6 is 15.9 Å². The smallest absolute Gasteiger partial charge is 0.243 e. The van der Waals surface area contributed by atoms with E-state index in [9.17, 15) is 18.0 Å². The van der Waals surface area contributed by atoms with Gasteiger partial charge in [-0.15, -0.1) is 0 Å². The molecule has 0 bridgehead atoms. The molecule has 0 aliphatic rings. The van der Waals surface area contributed by atoms with Crippen LogP contribution in [0.3, 0.4) is 0 Å². The molecule has 0 aromatic heterocycles. The van der Waals surface area contributed by atoms with Crippen molar-refractivity contribution in [1.82, 2.24) is 10.2 Å². The van der Waals surface area contributed by atoms with E-state index in [1.807, 2.05) is 81.4 Å². The third-order valence-electron chi connectivity index (χ3n) is 6.21. The Hall–Kier alpha value is -3.17. The van der Waals surface area contributed by atoms with Crippen molar-refractivity contribution < 1.29 is 18.0 Å². The molecule has 214 valence electrons. The number of hydrogen-bond donors (Lipinski definition) is 1. The van der Waals surface area contributed by atoms with E-state index in [4.69, 9.17) is 0 Å². The summed E-state index contributed by atoms with van der Waals surface area (Å²) in [6.45, 7) is 6.12. The maximum Gasteiger partial charge on any atom is 0.243 e. The highest BCUT2D eigenvalue weighted by atomic mass is 79.9. The van der Waals surface area contributed by atoms with E-state index in [-0.39, 0.29) is 31.3 Å². The lowest BCUT2D eigenvalue weighted by Crippen LogP contribution is -2.54. The third-order valence-corrected chi connectivity index (χ3v) is 7.89. The zero-order valence-corrected chi connectivity index (χ0v) is 25.9. The van der Waals surface area contributed by atoms with Gasteiger partial charge in [0.15, 0.2) is 0 Å². The first-order chi connectivity index (χ1) is 18.8. The first-order valence-corrected chi connectivity index (χ1v) is 15.9. The van der Waals surface area contributed by atoms with Crippen LogP contribution in [0, 0.1) is 0 Å². The van der Waals surface area contributed by atoms with Crippen molar-refractivity contribution in [3.05, 3.63) is 101 Å². The first-order valence-electron chi connectivity index (χ1n) is 13.3. The van der Waals surface area contributed by atoms with Gasteiger partial charge in [-0.25, -0.2) is 8.42 Å². The summed E-state index contributed by atoms with van der Waals surface area (Å²) in [5.41, 5.74) is 1.89. The number of carbonyl (C=O) groups excluding carboxylic acids is 2. The minimum atomic E-state index is -3.54. The van der Waals surface area contributed by atoms with Crippen LogP contribution in [0.4, 0.5) is 5.69 Å². The number of nitrogens with zero attached hydrogens (tertiary/aromatic N) is 2. The van der Waals surface area contributed by atoms with Crippen LogP contribution in [0.5, 0.6) is 0 Å². The van der Waals surface area contributed by atoms with Crippen LogP contribution in [-0.2, 0) is 32.6 Å². The van der Waals surface area contributed by atoms with Gasteiger partial charge >= 0.3 is 0 Å². The summed E-state index contributed by atoms with van der Waals surface area (Å²) >= 11 is 3.50.